The number of ketones is 1. The highest BCUT2D eigenvalue weighted by molar-refractivity contribution is 6.10. The Morgan fingerprint density at radius 1 is 0.800 bits per heavy atom. The van der Waals surface area contributed by atoms with Gasteiger partial charge in [-0.05, 0) is 36.8 Å². The summed E-state index contributed by atoms with van der Waals surface area (Å²) in [6, 6.07) is 19.8. The largest absolute Gasteiger partial charge is 0.322 e. The van der Waals surface area contributed by atoms with E-state index in [1.54, 1.807) is 67.6 Å². The minimum absolute atomic E-state index is 0.104. The minimum atomic E-state index is -0.374. The van der Waals surface area contributed by atoms with E-state index in [4.69, 9.17) is 0 Å². The van der Waals surface area contributed by atoms with Gasteiger partial charge in [-0.1, -0.05) is 48.5 Å². The fourth-order valence-electron chi connectivity index (χ4n) is 2.40. The van der Waals surface area contributed by atoms with Gasteiger partial charge in [0.2, 0.25) is 0 Å². The molecule has 25 heavy (non-hydrogen) atoms. The van der Waals surface area contributed by atoms with E-state index >= 15 is 0 Å². The molecule has 1 N–H and O–H groups in total. The molecule has 0 aliphatic heterocycles. The molecule has 3 aromatic carbocycles. The first kappa shape index (κ1) is 16.6. The number of benzene rings is 3. The SMILES string of the molecule is Cc1ccc(NC(=O)c2ccc(C(=O)c3ccccc3)cc2)cc1F. The second-order valence-corrected chi connectivity index (χ2v) is 5.69. The standard InChI is InChI=1S/C21H16FNO2/c1-14-7-12-18(13-19(14)22)23-21(25)17-10-8-16(9-11-17)20(24)15-5-3-2-4-6-15/h2-13H,1H3,(H,23,25). The zero-order valence-corrected chi connectivity index (χ0v) is 13.6. The number of anilines is 1. The lowest BCUT2D eigenvalue weighted by Crippen LogP contribution is -2.12. The van der Waals surface area contributed by atoms with E-state index in [0.29, 0.717) is 27.9 Å². The van der Waals surface area contributed by atoms with Crippen LogP contribution in [0.3, 0.4) is 0 Å². The van der Waals surface area contributed by atoms with Crippen molar-refractivity contribution in [3.8, 4) is 0 Å². The maximum atomic E-state index is 13.5. The second kappa shape index (κ2) is 7.09. The van der Waals surface area contributed by atoms with E-state index in [-0.39, 0.29) is 17.5 Å². The third kappa shape index (κ3) is 3.80. The molecular formula is C21H16FNO2. The fourth-order valence-corrected chi connectivity index (χ4v) is 2.40. The number of aryl methyl sites for hydroxylation is 1. The van der Waals surface area contributed by atoms with Crippen molar-refractivity contribution in [2.75, 3.05) is 5.32 Å². The number of nitrogens with one attached hydrogen (secondary N) is 1. The van der Waals surface area contributed by atoms with Gasteiger partial charge in [0.1, 0.15) is 5.82 Å². The van der Waals surface area contributed by atoms with Gasteiger partial charge in [-0.3, -0.25) is 9.59 Å². The Morgan fingerprint density at radius 2 is 1.40 bits per heavy atom. The van der Waals surface area contributed by atoms with E-state index < -0.39 is 0 Å². The lowest BCUT2D eigenvalue weighted by molar-refractivity contribution is 0.102. The Hall–Kier alpha value is -3.27. The van der Waals surface area contributed by atoms with Crippen LogP contribution in [-0.4, -0.2) is 11.7 Å². The highest BCUT2D eigenvalue weighted by Crippen LogP contribution is 2.16. The summed E-state index contributed by atoms with van der Waals surface area (Å²) in [5.74, 6) is -0.836. The summed E-state index contributed by atoms with van der Waals surface area (Å²) < 4.78 is 13.5. The normalized spacial score (nSPS) is 10.3. The van der Waals surface area contributed by atoms with Gasteiger partial charge in [0.15, 0.2) is 5.78 Å². The van der Waals surface area contributed by atoms with Crippen molar-refractivity contribution in [1.82, 2.24) is 0 Å². The molecule has 0 spiro atoms. The van der Waals surface area contributed by atoms with E-state index in [1.165, 1.54) is 6.07 Å². The fraction of sp³-hybridized carbons (Fsp3) is 0.0476. The third-order valence-corrected chi connectivity index (χ3v) is 3.87. The molecule has 4 heteroatoms. The third-order valence-electron chi connectivity index (χ3n) is 3.87. The van der Waals surface area contributed by atoms with Crippen LogP contribution in [-0.2, 0) is 0 Å². The first-order valence-electron chi connectivity index (χ1n) is 7.82. The van der Waals surface area contributed by atoms with Crippen LogP contribution in [0.15, 0.2) is 72.8 Å². The van der Waals surface area contributed by atoms with Crippen LogP contribution in [0.5, 0.6) is 0 Å². The summed E-state index contributed by atoms with van der Waals surface area (Å²) in [7, 11) is 0. The summed E-state index contributed by atoms with van der Waals surface area (Å²) in [6.07, 6.45) is 0. The highest BCUT2D eigenvalue weighted by Gasteiger charge is 2.11. The van der Waals surface area contributed by atoms with Gasteiger partial charge in [-0.25, -0.2) is 4.39 Å². The topological polar surface area (TPSA) is 46.2 Å². The highest BCUT2D eigenvalue weighted by atomic mass is 19.1. The number of halogens is 1. The molecule has 0 aromatic heterocycles. The molecule has 3 rings (SSSR count). The van der Waals surface area contributed by atoms with E-state index in [9.17, 15) is 14.0 Å². The average molecular weight is 333 g/mol. The maximum Gasteiger partial charge on any atom is 0.255 e. The molecule has 124 valence electrons. The first-order chi connectivity index (χ1) is 12.0. The number of hydrogen-bond acceptors (Lipinski definition) is 2. The Morgan fingerprint density at radius 3 is 2.04 bits per heavy atom. The van der Waals surface area contributed by atoms with Gasteiger partial charge in [-0.2, -0.15) is 0 Å². The molecule has 0 aliphatic carbocycles. The van der Waals surface area contributed by atoms with Crippen molar-refractivity contribution in [2.24, 2.45) is 0 Å². The molecule has 0 unspecified atom stereocenters. The molecule has 0 fully saturated rings. The number of carbonyl (C=O) groups is 2. The van der Waals surface area contributed by atoms with E-state index in [1.807, 2.05) is 6.07 Å². The number of rotatable bonds is 4. The Bertz CT molecular complexity index is 918. The molecule has 0 aliphatic rings. The zero-order chi connectivity index (χ0) is 17.8. The van der Waals surface area contributed by atoms with Gasteiger partial charge in [0.25, 0.3) is 5.91 Å². The van der Waals surface area contributed by atoms with Crippen LogP contribution >= 0.6 is 0 Å². The summed E-state index contributed by atoms with van der Waals surface area (Å²) in [4.78, 5) is 24.6. The molecule has 0 saturated carbocycles. The van der Waals surface area contributed by atoms with Crippen molar-refractivity contribution in [1.29, 1.82) is 0 Å². The smallest absolute Gasteiger partial charge is 0.255 e. The van der Waals surface area contributed by atoms with Crippen molar-refractivity contribution in [3.63, 3.8) is 0 Å². The number of hydrogen-bond donors (Lipinski definition) is 1. The Kier molecular flexibility index (Phi) is 4.70. The van der Waals surface area contributed by atoms with Crippen LogP contribution < -0.4 is 5.32 Å². The lowest BCUT2D eigenvalue weighted by Gasteiger charge is -2.07. The quantitative estimate of drug-likeness (QED) is 0.708. The minimum Gasteiger partial charge on any atom is -0.322 e. The van der Waals surface area contributed by atoms with Crippen LogP contribution in [0, 0.1) is 12.7 Å². The predicted molar refractivity (Wildman–Crippen MR) is 95.4 cm³/mol. The van der Waals surface area contributed by atoms with Gasteiger partial charge < -0.3 is 5.32 Å². The van der Waals surface area contributed by atoms with Gasteiger partial charge in [0.05, 0.1) is 0 Å². The Labute approximate surface area is 145 Å². The molecule has 0 bridgehead atoms. The number of amides is 1. The molecule has 0 saturated heterocycles. The zero-order valence-electron chi connectivity index (χ0n) is 13.6. The average Bonchev–Trinajstić information content (AvgIpc) is 2.65. The van der Waals surface area contributed by atoms with Crippen LogP contribution in [0.1, 0.15) is 31.8 Å². The molecule has 1 amide bonds. The van der Waals surface area contributed by atoms with Crippen molar-refractivity contribution >= 4 is 17.4 Å². The van der Waals surface area contributed by atoms with Gasteiger partial charge in [-0.15, -0.1) is 0 Å². The lowest BCUT2D eigenvalue weighted by atomic mass is 10.0. The van der Waals surface area contributed by atoms with Crippen LogP contribution in [0.2, 0.25) is 0 Å². The van der Waals surface area contributed by atoms with Crippen LogP contribution in [0.4, 0.5) is 10.1 Å². The summed E-state index contributed by atoms with van der Waals surface area (Å²) in [5.41, 5.74) is 2.39. The molecule has 0 radical (unpaired) electrons. The van der Waals surface area contributed by atoms with Crippen molar-refractivity contribution in [2.45, 2.75) is 6.92 Å². The molecule has 3 aromatic rings. The van der Waals surface area contributed by atoms with Gasteiger partial charge in [0, 0.05) is 22.4 Å². The molecule has 3 nitrogen and oxygen atoms in total. The van der Waals surface area contributed by atoms with E-state index in [0.717, 1.165) is 0 Å². The first-order valence-corrected chi connectivity index (χ1v) is 7.82. The monoisotopic (exact) mass is 333 g/mol. The van der Waals surface area contributed by atoms with Crippen LogP contribution in [0.25, 0.3) is 0 Å². The van der Waals surface area contributed by atoms with Crippen molar-refractivity contribution < 1.29 is 14.0 Å². The molecular weight excluding hydrogens is 317 g/mol. The Balaban J connectivity index is 1.74. The second-order valence-electron chi connectivity index (χ2n) is 5.69. The van der Waals surface area contributed by atoms with Crippen molar-refractivity contribution in [3.05, 3.63) is 101 Å². The van der Waals surface area contributed by atoms with Gasteiger partial charge >= 0.3 is 0 Å². The van der Waals surface area contributed by atoms with E-state index in [2.05, 4.69) is 5.32 Å². The summed E-state index contributed by atoms with van der Waals surface area (Å²) >= 11 is 0. The molecule has 0 atom stereocenters. The number of carbonyl (C=O) groups excluding carboxylic acids is 2. The molecule has 0 heterocycles. The summed E-state index contributed by atoms with van der Waals surface area (Å²) in [5, 5.41) is 2.64. The predicted octanol–water partition coefficient (Wildman–Crippen LogP) is 4.62. The maximum absolute atomic E-state index is 13.5. The summed E-state index contributed by atoms with van der Waals surface area (Å²) in [6.45, 7) is 1.66.